The molecule has 3 nitrogen and oxygen atoms in total. The molecule has 1 saturated carbocycles. The maximum Gasteiger partial charge on any atom is 0.287 e. The maximum atomic E-state index is 5.92. The van der Waals surface area contributed by atoms with Gasteiger partial charge in [0.1, 0.15) is 14.0 Å². The average Bonchev–Trinajstić information content (AvgIpc) is 2.45. The molecule has 3 unspecified atom stereocenters. The minimum atomic E-state index is 0.295. The van der Waals surface area contributed by atoms with E-state index in [-0.39, 0.29) is 0 Å². The van der Waals surface area contributed by atoms with Gasteiger partial charge in [-0.25, -0.2) is 4.99 Å². The molecule has 0 N–H and O–H groups in total. The molecular weight excluding hydrogens is 175 g/mol. The zero-order chi connectivity index (χ0) is 10.3. The summed E-state index contributed by atoms with van der Waals surface area (Å²) in [6, 6.07) is 1.35. The molecule has 1 aliphatic carbocycles. The molecule has 1 saturated heterocycles. The molecule has 14 heavy (non-hydrogen) atoms. The van der Waals surface area contributed by atoms with E-state index in [1.54, 1.807) is 7.05 Å². The largest absolute Gasteiger partial charge is 0.460 e. The molecule has 2 fully saturated rings. The Morgan fingerprint density at radius 2 is 2.36 bits per heavy atom. The van der Waals surface area contributed by atoms with Crippen LogP contribution in [-0.4, -0.2) is 45.0 Å². The monoisotopic (exact) mass is 194 g/mol. The first-order valence-electron chi connectivity index (χ1n) is 5.42. The summed E-state index contributed by atoms with van der Waals surface area (Å²) >= 11 is 0. The van der Waals surface area contributed by atoms with Crippen molar-refractivity contribution in [2.24, 2.45) is 4.99 Å². The third kappa shape index (κ3) is 1.32. The van der Waals surface area contributed by atoms with Crippen LogP contribution >= 0.6 is 0 Å². The van der Waals surface area contributed by atoms with E-state index in [0.717, 1.165) is 6.02 Å². The van der Waals surface area contributed by atoms with Crippen LogP contribution in [0, 0.1) is 0 Å². The van der Waals surface area contributed by atoms with Crippen LogP contribution in [0.2, 0.25) is 5.31 Å². The first-order valence-corrected chi connectivity index (χ1v) is 5.42. The van der Waals surface area contributed by atoms with Crippen molar-refractivity contribution in [2.75, 3.05) is 14.1 Å². The molecule has 0 aromatic heterocycles. The van der Waals surface area contributed by atoms with Crippen molar-refractivity contribution in [3.05, 3.63) is 0 Å². The number of hydrogen-bond donors (Lipinski definition) is 0. The van der Waals surface area contributed by atoms with Gasteiger partial charge in [-0.05, 0) is 11.7 Å². The van der Waals surface area contributed by atoms with Gasteiger partial charge in [0.05, 0.1) is 6.04 Å². The van der Waals surface area contributed by atoms with Crippen molar-refractivity contribution in [3.8, 4) is 0 Å². The molecule has 0 bridgehead atoms. The molecule has 0 radical (unpaired) electrons. The molecule has 0 aromatic carbocycles. The molecule has 1 aliphatic heterocycles. The van der Waals surface area contributed by atoms with E-state index < -0.39 is 0 Å². The summed E-state index contributed by atoms with van der Waals surface area (Å²) in [6.45, 7) is 2.30. The summed E-state index contributed by atoms with van der Waals surface area (Å²) in [5.41, 5.74) is 0. The topological polar surface area (TPSA) is 24.8 Å². The minimum absolute atomic E-state index is 0.295. The Balaban J connectivity index is 2.25. The molecule has 0 amide bonds. The van der Waals surface area contributed by atoms with E-state index in [2.05, 4.69) is 31.7 Å². The number of rotatable bonds is 0. The lowest BCUT2D eigenvalue weighted by Crippen LogP contribution is -2.43. The van der Waals surface area contributed by atoms with Gasteiger partial charge in [0.2, 0.25) is 0 Å². The highest BCUT2D eigenvalue weighted by molar-refractivity contribution is 6.15. The van der Waals surface area contributed by atoms with Gasteiger partial charge < -0.3 is 9.64 Å². The van der Waals surface area contributed by atoms with Crippen molar-refractivity contribution >= 4 is 13.9 Å². The number of ether oxygens (including phenoxy) is 1. The number of hydrogen-bond acceptors (Lipinski definition) is 2. The van der Waals surface area contributed by atoms with Gasteiger partial charge in [-0.15, -0.1) is 0 Å². The molecule has 0 aromatic rings. The molecule has 2 rings (SSSR count). The van der Waals surface area contributed by atoms with Gasteiger partial charge in [0.15, 0.2) is 0 Å². The lowest BCUT2D eigenvalue weighted by Gasteiger charge is -2.39. The second kappa shape index (κ2) is 3.18. The van der Waals surface area contributed by atoms with Crippen LogP contribution < -0.4 is 0 Å². The Morgan fingerprint density at radius 1 is 1.64 bits per heavy atom. The molecule has 3 atom stereocenters. The van der Waals surface area contributed by atoms with Crippen molar-refractivity contribution in [3.63, 3.8) is 0 Å². The number of likely N-dealkylation sites (N-methyl/N-ethyl adjacent to an activating group) is 1. The van der Waals surface area contributed by atoms with Gasteiger partial charge in [-0.1, -0.05) is 19.8 Å². The van der Waals surface area contributed by atoms with Crippen LogP contribution in [0.3, 0.4) is 0 Å². The second-order valence-electron chi connectivity index (χ2n) is 5.10. The fraction of sp³-hybridized carbons (Fsp3) is 0.900. The zero-order valence-corrected chi connectivity index (χ0v) is 9.58. The Morgan fingerprint density at radius 3 is 2.93 bits per heavy atom. The van der Waals surface area contributed by atoms with Gasteiger partial charge in [-0.3, -0.25) is 0 Å². The van der Waals surface area contributed by atoms with Gasteiger partial charge in [0, 0.05) is 14.1 Å². The highest BCUT2D eigenvalue weighted by Crippen LogP contribution is 2.45. The van der Waals surface area contributed by atoms with E-state index >= 15 is 0 Å². The van der Waals surface area contributed by atoms with Crippen LogP contribution in [0.25, 0.3) is 0 Å². The fourth-order valence-corrected chi connectivity index (χ4v) is 2.77. The maximum absolute atomic E-state index is 5.92. The van der Waals surface area contributed by atoms with E-state index in [9.17, 15) is 0 Å². The van der Waals surface area contributed by atoms with Crippen molar-refractivity contribution in [1.82, 2.24) is 4.90 Å². The van der Waals surface area contributed by atoms with Gasteiger partial charge in [0.25, 0.3) is 6.02 Å². The zero-order valence-electron chi connectivity index (χ0n) is 9.58. The summed E-state index contributed by atoms with van der Waals surface area (Å²) in [5, 5.41) is 0.295. The number of nitrogens with zero attached hydrogens (tertiary/aromatic N) is 2. The van der Waals surface area contributed by atoms with Crippen LogP contribution in [0.15, 0.2) is 4.99 Å². The van der Waals surface area contributed by atoms with Crippen LogP contribution in [-0.2, 0) is 4.74 Å². The van der Waals surface area contributed by atoms with Gasteiger partial charge in [-0.2, -0.15) is 0 Å². The summed E-state index contributed by atoms with van der Waals surface area (Å²) in [7, 11) is 6.20. The summed E-state index contributed by atoms with van der Waals surface area (Å²) < 4.78 is 5.92. The van der Waals surface area contributed by atoms with Crippen molar-refractivity contribution in [1.29, 1.82) is 0 Å². The highest BCUT2D eigenvalue weighted by atomic mass is 16.5. The van der Waals surface area contributed by atoms with Crippen molar-refractivity contribution in [2.45, 2.75) is 43.6 Å². The Labute approximate surface area is 86.9 Å². The molecule has 0 spiro atoms. The summed E-state index contributed by atoms with van der Waals surface area (Å²) in [4.78, 5) is 6.38. The smallest absolute Gasteiger partial charge is 0.287 e. The van der Waals surface area contributed by atoms with E-state index in [1.165, 1.54) is 19.3 Å². The summed E-state index contributed by atoms with van der Waals surface area (Å²) in [5.74, 6) is 0. The quantitative estimate of drug-likeness (QED) is 0.529. The number of fused-ring (bicyclic) bond motifs is 1. The minimum Gasteiger partial charge on any atom is -0.460 e. The third-order valence-electron chi connectivity index (χ3n) is 3.66. The Bertz CT molecular complexity index is 265. The first kappa shape index (κ1) is 9.87. The predicted octanol–water partition coefficient (Wildman–Crippen LogP) is 0.667. The lowest BCUT2D eigenvalue weighted by atomic mass is 9.58. The molecule has 4 heteroatoms. The summed E-state index contributed by atoms with van der Waals surface area (Å²) in [6.07, 6.45) is 4.14. The molecule has 1 heterocycles. The standard InChI is InChI=1S/C10H19BN2O/c1-10(11)6-4-5-7-8(10)14-9(12-2)13(7)3/h7-8H,4-6,11H2,1-3H3/b12-9-. The van der Waals surface area contributed by atoms with Crippen LogP contribution in [0.5, 0.6) is 0 Å². The SMILES string of the molecule is BC1(C)CCCC2C1O/C(=N\C)N2C. The molecular formula is C10H19BN2O. The van der Waals surface area contributed by atoms with Crippen LogP contribution in [0.1, 0.15) is 26.2 Å². The Kier molecular flexibility index (Phi) is 2.24. The Hall–Kier alpha value is -0.665. The predicted molar refractivity (Wildman–Crippen MR) is 60.5 cm³/mol. The lowest BCUT2D eigenvalue weighted by molar-refractivity contribution is 0.104. The number of aliphatic imine (C=N–C) groups is 1. The van der Waals surface area contributed by atoms with Gasteiger partial charge >= 0.3 is 0 Å². The number of amidine groups is 1. The third-order valence-corrected chi connectivity index (χ3v) is 3.66. The van der Waals surface area contributed by atoms with Crippen LogP contribution in [0.4, 0.5) is 0 Å². The molecule has 78 valence electrons. The normalized spacial score (nSPS) is 45.1. The van der Waals surface area contributed by atoms with E-state index in [0.29, 0.717) is 17.5 Å². The first-order chi connectivity index (χ1) is 6.56. The molecule has 2 aliphatic rings. The average molecular weight is 194 g/mol. The fourth-order valence-electron chi connectivity index (χ4n) is 2.77. The second-order valence-corrected chi connectivity index (χ2v) is 5.10. The highest BCUT2D eigenvalue weighted by Gasteiger charge is 2.48. The van der Waals surface area contributed by atoms with E-state index in [4.69, 9.17) is 4.74 Å². The van der Waals surface area contributed by atoms with E-state index in [1.807, 2.05) is 0 Å². The van der Waals surface area contributed by atoms with Crippen molar-refractivity contribution < 1.29 is 4.74 Å².